The van der Waals surface area contributed by atoms with Crippen molar-refractivity contribution in [1.29, 1.82) is 0 Å². The zero-order chi connectivity index (χ0) is 20.5. The van der Waals surface area contributed by atoms with Gasteiger partial charge in [0.05, 0.1) is 11.1 Å². The molecule has 0 bridgehead atoms. The molecule has 12 heteroatoms. The maximum Gasteiger partial charge on any atom is 0.490 e. The van der Waals surface area contributed by atoms with Crippen molar-refractivity contribution < 1.29 is 27.6 Å². The Morgan fingerprint density at radius 2 is 2.00 bits per heavy atom. The van der Waals surface area contributed by atoms with Gasteiger partial charge in [0.25, 0.3) is 5.89 Å². The number of hydrogen-bond donors (Lipinski definition) is 2. The van der Waals surface area contributed by atoms with Gasteiger partial charge in [-0.15, -0.1) is 0 Å². The lowest BCUT2D eigenvalue weighted by atomic mass is 9.99. The molecule has 4 rings (SSSR count). The molecule has 1 aliphatic carbocycles. The van der Waals surface area contributed by atoms with Crippen LogP contribution < -0.4 is 5.73 Å². The zero-order valence-electron chi connectivity index (χ0n) is 14.3. The van der Waals surface area contributed by atoms with E-state index in [0.717, 1.165) is 41.4 Å². The number of aromatic nitrogens is 4. The minimum atomic E-state index is -5.08. The minimum absolute atomic E-state index is 0.445. The van der Waals surface area contributed by atoms with Crippen molar-refractivity contribution in [2.75, 3.05) is 0 Å². The molecule has 3 aromatic heterocycles. The second kappa shape index (κ2) is 7.51. The van der Waals surface area contributed by atoms with Crippen molar-refractivity contribution in [3.05, 3.63) is 35.0 Å². The summed E-state index contributed by atoms with van der Waals surface area (Å²) in [7, 11) is 0. The summed E-state index contributed by atoms with van der Waals surface area (Å²) in [6.07, 6.45) is 4.51. The van der Waals surface area contributed by atoms with Gasteiger partial charge in [0.1, 0.15) is 5.65 Å². The van der Waals surface area contributed by atoms with E-state index in [4.69, 9.17) is 20.2 Å². The first kappa shape index (κ1) is 20.3. The van der Waals surface area contributed by atoms with Crippen molar-refractivity contribution in [3.63, 3.8) is 0 Å². The molecule has 3 heterocycles. The number of fused-ring (bicyclic) bond motifs is 1. The van der Waals surface area contributed by atoms with Crippen LogP contribution in [0.4, 0.5) is 13.2 Å². The Morgan fingerprint density at radius 3 is 2.61 bits per heavy atom. The molecule has 8 nitrogen and oxygen atoms in total. The summed E-state index contributed by atoms with van der Waals surface area (Å²) < 4.78 is 40.0. The lowest BCUT2D eigenvalue weighted by Gasteiger charge is -2.17. The molecule has 1 aliphatic rings. The number of pyridine rings is 1. The SMILES string of the molecule is NC1(c2noc(-c3cc(Br)cn4ccnc34)n2)CCCC1.O=C(O)C(F)(F)F. The normalized spacial score (nSPS) is 16.0. The fourth-order valence-electron chi connectivity index (χ4n) is 2.92. The third-order valence-corrected chi connectivity index (χ3v) is 4.73. The maximum atomic E-state index is 10.6. The number of nitrogens with two attached hydrogens (primary N) is 1. The quantitative estimate of drug-likeness (QED) is 0.598. The van der Waals surface area contributed by atoms with E-state index < -0.39 is 17.7 Å². The molecule has 3 N–H and O–H groups in total. The highest BCUT2D eigenvalue weighted by Gasteiger charge is 2.38. The summed E-state index contributed by atoms with van der Waals surface area (Å²) in [5, 5.41) is 11.2. The first-order chi connectivity index (χ1) is 13.1. The number of rotatable bonds is 2. The van der Waals surface area contributed by atoms with Crippen LogP contribution in [0.25, 0.3) is 17.1 Å². The van der Waals surface area contributed by atoms with Crippen LogP contribution in [0.3, 0.4) is 0 Å². The largest absolute Gasteiger partial charge is 0.490 e. The number of carboxylic acids is 1. The second-order valence-corrected chi connectivity index (χ2v) is 7.24. The summed E-state index contributed by atoms with van der Waals surface area (Å²) >= 11 is 3.49. The van der Waals surface area contributed by atoms with E-state index in [-0.39, 0.29) is 0 Å². The first-order valence-corrected chi connectivity index (χ1v) is 8.95. The van der Waals surface area contributed by atoms with Gasteiger partial charge in [-0.2, -0.15) is 18.2 Å². The van der Waals surface area contributed by atoms with Crippen molar-refractivity contribution in [2.45, 2.75) is 37.4 Å². The van der Waals surface area contributed by atoms with Crippen LogP contribution >= 0.6 is 15.9 Å². The smallest absolute Gasteiger partial charge is 0.475 e. The Hall–Kier alpha value is -2.47. The van der Waals surface area contributed by atoms with Gasteiger partial charge in [0, 0.05) is 23.1 Å². The number of carbonyl (C=O) groups is 1. The molecular formula is C16H15BrF3N5O3. The van der Waals surface area contributed by atoms with Gasteiger partial charge in [0.2, 0.25) is 0 Å². The summed E-state index contributed by atoms with van der Waals surface area (Å²) in [6.45, 7) is 0. The molecule has 0 spiro atoms. The number of nitrogens with zero attached hydrogens (tertiary/aromatic N) is 4. The van der Waals surface area contributed by atoms with Crippen molar-refractivity contribution in [3.8, 4) is 11.5 Å². The van der Waals surface area contributed by atoms with E-state index in [2.05, 4.69) is 31.1 Å². The highest BCUT2D eigenvalue weighted by Crippen LogP contribution is 2.36. The standard InChI is InChI=1S/C14H14BrN5O.C2HF3O2/c15-9-7-10(11-17-5-6-20(11)8-9)12-18-13(19-21-12)14(16)3-1-2-4-14;3-2(4,5)1(6)7/h5-8H,1-4,16H2;(H,6,7). The third-order valence-electron chi connectivity index (χ3n) is 4.29. The predicted molar refractivity (Wildman–Crippen MR) is 94.2 cm³/mol. The Labute approximate surface area is 164 Å². The van der Waals surface area contributed by atoms with Crippen LogP contribution in [-0.2, 0) is 10.3 Å². The monoisotopic (exact) mass is 461 g/mol. The van der Waals surface area contributed by atoms with Gasteiger partial charge in [-0.25, -0.2) is 9.78 Å². The molecule has 0 saturated heterocycles. The Balaban J connectivity index is 0.000000279. The van der Waals surface area contributed by atoms with Gasteiger partial charge in [-0.05, 0) is 34.8 Å². The molecule has 0 aliphatic heterocycles. The van der Waals surface area contributed by atoms with Crippen LogP contribution in [0.5, 0.6) is 0 Å². The lowest BCUT2D eigenvalue weighted by molar-refractivity contribution is -0.192. The molecule has 3 aromatic rings. The van der Waals surface area contributed by atoms with E-state index in [1.54, 1.807) is 6.20 Å². The molecule has 1 saturated carbocycles. The summed E-state index contributed by atoms with van der Waals surface area (Å²) in [6, 6.07) is 1.93. The molecule has 1 fully saturated rings. The number of imidazole rings is 1. The van der Waals surface area contributed by atoms with Crippen LogP contribution in [-0.4, -0.2) is 36.8 Å². The highest BCUT2D eigenvalue weighted by molar-refractivity contribution is 9.10. The number of hydrogen-bond acceptors (Lipinski definition) is 6. The van der Waals surface area contributed by atoms with E-state index in [0.29, 0.717) is 11.7 Å². The van der Waals surface area contributed by atoms with Gasteiger partial charge in [-0.1, -0.05) is 18.0 Å². The van der Waals surface area contributed by atoms with Crippen LogP contribution in [0.2, 0.25) is 0 Å². The van der Waals surface area contributed by atoms with Crippen LogP contribution in [0, 0.1) is 0 Å². The van der Waals surface area contributed by atoms with E-state index in [1.807, 2.05) is 22.9 Å². The van der Waals surface area contributed by atoms with Crippen molar-refractivity contribution >= 4 is 27.5 Å². The van der Waals surface area contributed by atoms with E-state index in [1.165, 1.54) is 0 Å². The topological polar surface area (TPSA) is 120 Å². The van der Waals surface area contributed by atoms with Crippen molar-refractivity contribution in [2.24, 2.45) is 5.73 Å². The van der Waals surface area contributed by atoms with Gasteiger partial charge in [0.15, 0.2) is 5.82 Å². The number of halogens is 4. The number of carboxylic acid groups (broad SMARTS) is 1. The van der Waals surface area contributed by atoms with Gasteiger partial charge >= 0.3 is 12.1 Å². The second-order valence-electron chi connectivity index (χ2n) is 6.32. The fraction of sp³-hybridized carbons (Fsp3) is 0.375. The molecule has 0 aromatic carbocycles. The lowest BCUT2D eigenvalue weighted by Crippen LogP contribution is -2.34. The highest BCUT2D eigenvalue weighted by atomic mass is 79.9. The molecule has 0 radical (unpaired) electrons. The minimum Gasteiger partial charge on any atom is -0.475 e. The summed E-state index contributed by atoms with van der Waals surface area (Å²) in [4.78, 5) is 17.8. The summed E-state index contributed by atoms with van der Waals surface area (Å²) in [5.74, 6) is -1.70. The van der Waals surface area contributed by atoms with Crippen LogP contribution in [0.15, 0.2) is 33.7 Å². The zero-order valence-corrected chi connectivity index (χ0v) is 15.9. The molecule has 150 valence electrons. The Morgan fingerprint density at radius 1 is 1.36 bits per heavy atom. The van der Waals surface area contributed by atoms with E-state index in [9.17, 15) is 13.2 Å². The molecular weight excluding hydrogens is 447 g/mol. The van der Waals surface area contributed by atoms with Gasteiger partial charge in [-0.3, -0.25) is 0 Å². The van der Waals surface area contributed by atoms with E-state index >= 15 is 0 Å². The summed E-state index contributed by atoms with van der Waals surface area (Å²) in [5.41, 5.74) is 7.52. The third kappa shape index (κ3) is 4.17. The molecule has 28 heavy (non-hydrogen) atoms. The molecule has 0 amide bonds. The fourth-order valence-corrected chi connectivity index (χ4v) is 3.37. The molecule has 0 atom stereocenters. The number of aliphatic carboxylic acids is 1. The molecule has 0 unspecified atom stereocenters. The average molecular weight is 462 g/mol. The average Bonchev–Trinajstić information content (AvgIpc) is 3.34. The Kier molecular flexibility index (Phi) is 5.44. The maximum absolute atomic E-state index is 10.6. The first-order valence-electron chi connectivity index (χ1n) is 8.16. The van der Waals surface area contributed by atoms with Crippen LogP contribution in [0.1, 0.15) is 31.5 Å². The van der Waals surface area contributed by atoms with Crippen molar-refractivity contribution in [1.82, 2.24) is 19.5 Å². The predicted octanol–water partition coefficient (Wildman–Crippen LogP) is 3.51. The Bertz CT molecular complexity index is 995. The number of alkyl halides is 3. The van der Waals surface area contributed by atoms with Gasteiger partial charge < -0.3 is 19.8 Å².